The van der Waals surface area contributed by atoms with Gasteiger partial charge in [0.1, 0.15) is 48.6 Å². The molecule has 240 valence electrons. The molecule has 0 fully saturated rings. The van der Waals surface area contributed by atoms with Crippen LogP contribution in [0.25, 0.3) is 39.0 Å². The molecule has 12 bridgehead atoms. The Morgan fingerprint density at radius 2 is 0.500 bits per heavy atom. The van der Waals surface area contributed by atoms with Crippen molar-refractivity contribution in [1.82, 2.24) is 0 Å². The molecule has 7 rings (SSSR count). The van der Waals surface area contributed by atoms with E-state index in [0.717, 1.165) is 45.3 Å². The number of nitrogens with zero attached hydrogens (tertiary/aromatic N) is 8. The van der Waals surface area contributed by atoms with E-state index in [0.29, 0.717) is 58.5 Å². The molecule has 1 aliphatic heterocycles. The van der Waals surface area contributed by atoms with Crippen molar-refractivity contribution in [3.8, 4) is 135 Å². The van der Waals surface area contributed by atoms with Gasteiger partial charge in [-0.05, 0) is 71.6 Å². The summed E-state index contributed by atoms with van der Waals surface area (Å²) in [7, 11) is 0. The lowest BCUT2D eigenvalue weighted by molar-refractivity contribution is 1.46. The maximum Gasteiger partial charge on any atom is 0.103 e. The molecule has 0 aromatic carbocycles. The molecule has 0 atom stereocenters. The van der Waals surface area contributed by atoms with Crippen LogP contribution in [0, 0.1) is 138 Å². The maximum atomic E-state index is 10.1. The van der Waals surface area contributed by atoms with Crippen molar-refractivity contribution in [2.75, 3.05) is 0 Å². The SMILES string of the molecule is N#Cc1c2sc(c1C#N)-c1ccc(s1)-c1sc(c(C#N)c1C#N)C#CC#Cc1sc(c(C#N)c1C#N)-c1ccc(s1)-c1sc(c(C#N)c1C#N)C#CC#C2. The second-order valence-corrected chi connectivity index (χ2v) is 16.5. The fourth-order valence-corrected chi connectivity index (χ4v) is 11.8. The topological polar surface area (TPSA) is 190 Å². The number of fused-ring (bicyclic) bond motifs is 16. The summed E-state index contributed by atoms with van der Waals surface area (Å²) in [6, 6.07) is 23.8. The maximum absolute atomic E-state index is 10.1. The van der Waals surface area contributed by atoms with Gasteiger partial charge in [-0.1, -0.05) is 0 Å². The third kappa shape index (κ3) is 5.76. The van der Waals surface area contributed by atoms with E-state index in [1.807, 2.05) is 0 Å². The van der Waals surface area contributed by atoms with E-state index in [1.165, 1.54) is 22.7 Å². The summed E-state index contributed by atoms with van der Waals surface area (Å²) < 4.78 is 0. The number of rotatable bonds is 0. The summed E-state index contributed by atoms with van der Waals surface area (Å²) in [4.78, 5) is 5.87. The van der Waals surface area contributed by atoms with E-state index in [2.05, 4.69) is 95.9 Å². The van der Waals surface area contributed by atoms with E-state index < -0.39 is 0 Å². The molecule has 0 radical (unpaired) electrons. The average molecular weight is 789 g/mol. The van der Waals surface area contributed by atoms with Gasteiger partial charge in [-0.15, -0.1) is 68.0 Å². The lowest BCUT2D eigenvalue weighted by Crippen LogP contribution is -1.81. The van der Waals surface area contributed by atoms with Crippen LogP contribution in [-0.2, 0) is 0 Å². The van der Waals surface area contributed by atoms with Crippen LogP contribution in [0.4, 0.5) is 0 Å². The van der Waals surface area contributed by atoms with E-state index in [-0.39, 0.29) is 44.5 Å². The van der Waals surface area contributed by atoms with Crippen molar-refractivity contribution in [3.63, 3.8) is 0 Å². The number of hydrogen-bond acceptors (Lipinski definition) is 14. The van der Waals surface area contributed by atoms with Crippen LogP contribution < -0.4 is 0 Å². The van der Waals surface area contributed by atoms with E-state index in [4.69, 9.17) is 0 Å². The van der Waals surface area contributed by atoms with Gasteiger partial charge in [0.2, 0.25) is 0 Å². The molecule has 0 aliphatic carbocycles. The first-order valence-electron chi connectivity index (χ1n) is 14.6. The molecule has 0 saturated carbocycles. The Balaban J connectivity index is 1.47. The van der Waals surface area contributed by atoms with Crippen molar-refractivity contribution in [2.45, 2.75) is 0 Å². The zero-order valence-corrected chi connectivity index (χ0v) is 31.2. The van der Waals surface area contributed by atoms with E-state index in [9.17, 15) is 42.1 Å². The fourth-order valence-electron chi connectivity index (χ4n) is 5.14. The smallest absolute Gasteiger partial charge is 0.103 e. The van der Waals surface area contributed by atoms with Gasteiger partial charge in [0, 0.05) is 19.5 Å². The van der Waals surface area contributed by atoms with Gasteiger partial charge in [0.15, 0.2) is 0 Å². The summed E-state index contributed by atoms with van der Waals surface area (Å²) in [6.45, 7) is 0. The Morgan fingerprint density at radius 1 is 0.296 bits per heavy atom. The Labute approximate surface area is 331 Å². The van der Waals surface area contributed by atoms with E-state index >= 15 is 0 Å². The lowest BCUT2D eigenvalue weighted by atomic mass is 10.1. The lowest BCUT2D eigenvalue weighted by Gasteiger charge is -1.94. The molecule has 0 unspecified atom stereocenters. The first-order chi connectivity index (χ1) is 26.4. The molecule has 0 amide bonds. The summed E-state index contributed by atoms with van der Waals surface area (Å²) in [5, 5.41) is 80.2. The molecule has 1 aliphatic rings. The van der Waals surface area contributed by atoms with Gasteiger partial charge in [0.05, 0.1) is 83.5 Å². The Morgan fingerprint density at radius 3 is 0.685 bits per heavy atom. The molecular formula is C40H4N8S6. The third-order valence-electron chi connectivity index (χ3n) is 7.46. The van der Waals surface area contributed by atoms with Crippen molar-refractivity contribution in [3.05, 3.63) is 88.3 Å². The Bertz CT molecular complexity index is 2860. The average Bonchev–Trinajstić information content (AvgIpc) is 4.04. The zero-order chi connectivity index (χ0) is 37.9. The minimum absolute atomic E-state index is 0.0916. The van der Waals surface area contributed by atoms with Crippen molar-refractivity contribution >= 4 is 68.0 Å². The van der Waals surface area contributed by atoms with Crippen molar-refractivity contribution in [1.29, 1.82) is 42.1 Å². The molecule has 0 N–H and O–H groups in total. The molecular weight excluding hydrogens is 785 g/mol. The normalized spacial score (nSPS) is 10.1. The monoisotopic (exact) mass is 788 g/mol. The summed E-state index contributed by atoms with van der Waals surface area (Å²) in [6.07, 6.45) is 0. The van der Waals surface area contributed by atoms with Crippen LogP contribution in [0.3, 0.4) is 0 Å². The Kier molecular flexibility index (Phi) is 9.37. The van der Waals surface area contributed by atoms with Crippen LogP contribution in [-0.4, -0.2) is 0 Å². The van der Waals surface area contributed by atoms with Crippen molar-refractivity contribution in [2.24, 2.45) is 0 Å². The number of thiophene rings is 6. The zero-order valence-electron chi connectivity index (χ0n) is 26.3. The first-order valence-corrected chi connectivity index (χ1v) is 19.5. The van der Waals surface area contributed by atoms with Gasteiger partial charge in [-0.3, -0.25) is 0 Å². The summed E-state index contributed by atoms with van der Waals surface area (Å²) in [5.41, 5.74) is 0.933. The molecule has 8 nitrogen and oxygen atoms in total. The molecule has 0 spiro atoms. The highest BCUT2D eigenvalue weighted by Crippen LogP contribution is 2.47. The highest BCUT2D eigenvalue weighted by Gasteiger charge is 2.25. The largest absolute Gasteiger partial charge is 0.192 e. The predicted molar refractivity (Wildman–Crippen MR) is 207 cm³/mol. The molecule has 7 heterocycles. The fraction of sp³-hybridized carbons (Fsp3) is 0. The Hall–Kier alpha value is -7.64. The predicted octanol–water partition coefficient (Wildman–Crippen LogP) is 8.82. The summed E-state index contributed by atoms with van der Waals surface area (Å²) in [5.74, 6) is 22.4. The highest BCUT2D eigenvalue weighted by molar-refractivity contribution is 7.28. The highest BCUT2D eigenvalue weighted by atomic mass is 32.1. The van der Waals surface area contributed by atoms with Gasteiger partial charge in [0.25, 0.3) is 0 Å². The quantitative estimate of drug-likeness (QED) is 0.136. The van der Waals surface area contributed by atoms with Gasteiger partial charge in [-0.25, -0.2) is 0 Å². The van der Waals surface area contributed by atoms with Gasteiger partial charge in [-0.2, -0.15) is 42.1 Å². The van der Waals surface area contributed by atoms with Gasteiger partial charge < -0.3 is 0 Å². The molecule has 14 heteroatoms. The molecule has 6 aromatic rings. The third-order valence-corrected chi connectivity index (χ3v) is 14.8. The van der Waals surface area contributed by atoms with Crippen molar-refractivity contribution < 1.29 is 0 Å². The number of hydrogen-bond donors (Lipinski definition) is 0. The standard InChI is InChI=1S/C40H4N8S6/c41-13-21-25(17-45)37-33-9-10-35(49-33)39-27(19-47)23(15-43)31(53-39)7-3-4-8-32-24(16-44)28(20-48)40(54-32)36-12-11-34(50-36)38-26(18-46)22(14-42)30(52-38)6-2-1-5-29(21)51-37/h9-12H. The minimum Gasteiger partial charge on any atom is -0.192 e. The van der Waals surface area contributed by atoms with Crippen LogP contribution in [0.2, 0.25) is 0 Å². The van der Waals surface area contributed by atoms with Crippen LogP contribution >= 0.6 is 68.0 Å². The summed E-state index contributed by atoms with van der Waals surface area (Å²) >= 11 is 7.13. The second-order valence-electron chi connectivity index (χ2n) is 10.3. The first kappa shape index (κ1) is 34.8. The molecule has 0 saturated heterocycles. The van der Waals surface area contributed by atoms with Crippen LogP contribution in [0.15, 0.2) is 24.3 Å². The molecule has 54 heavy (non-hydrogen) atoms. The molecule has 6 aromatic heterocycles. The minimum atomic E-state index is 0.0916. The van der Waals surface area contributed by atoms with Gasteiger partial charge >= 0.3 is 0 Å². The second kappa shape index (κ2) is 14.5. The van der Waals surface area contributed by atoms with Crippen LogP contribution in [0.1, 0.15) is 64.0 Å². The number of nitriles is 8. The van der Waals surface area contributed by atoms with E-state index in [1.54, 1.807) is 24.3 Å². The van der Waals surface area contributed by atoms with Crippen LogP contribution in [0.5, 0.6) is 0 Å².